The van der Waals surface area contributed by atoms with Crippen molar-refractivity contribution in [3.8, 4) is 16.8 Å². The van der Waals surface area contributed by atoms with Crippen LogP contribution in [0.2, 0.25) is 0 Å². The van der Waals surface area contributed by atoms with E-state index in [-0.39, 0.29) is 0 Å². The molecule has 2 heterocycles. The van der Waals surface area contributed by atoms with Crippen molar-refractivity contribution in [3.63, 3.8) is 0 Å². The van der Waals surface area contributed by atoms with Gasteiger partial charge < -0.3 is 15.6 Å². The molecule has 1 aliphatic rings. The highest BCUT2D eigenvalue weighted by atomic mass is 16.1. The number of primary amides is 1. The maximum atomic E-state index is 12.2. The zero-order chi connectivity index (χ0) is 24.6. The maximum Gasteiger partial charge on any atom is 0.250 e. The number of carbonyl (C=O) groups excluding carboxylic acids is 1. The molecule has 0 radical (unpaired) electrons. The number of nitrogens with two attached hydrogens (primary N) is 1. The number of rotatable bonds is 5. The Hall–Kier alpha value is -4.12. The molecule has 0 aliphatic heterocycles. The van der Waals surface area contributed by atoms with Crippen LogP contribution in [-0.2, 0) is 0 Å². The van der Waals surface area contributed by atoms with Crippen molar-refractivity contribution in [2.45, 2.75) is 45.1 Å². The zero-order valence-electron chi connectivity index (χ0n) is 20.5. The quantitative estimate of drug-likeness (QED) is 0.288. The average molecular weight is 475 g/mol. The Kier molecular flexibility index (Phi) is 5.68. The van der Waals surface area contributed by atoms with E-state index in [1.54, 1.807) is 0 Å². The van der Waals surface area contributed by atoms with Gasteiger partial charge in [0, 0.05) is 45.6 Å². The number of anilines is 1. The van der Waals surface area contributed by atoms with Crippen LogP contribution in [0.5, 0.6) is 0 Å². The lowest BCUT2D eigenvalue weighted by molar-refractivity contribution is 0.100. The van der Waals surface area contributed by atoms with Gasteiger partial charge in [-0.25, -0.2) is 0 Å². The summed E-state index contributed by atoms with van der Waals surface area (Å²) in [6, 6.07) is 25.3. The van der Waals surface area contributed by atoms with Crippen LogP contribution in [0.1, 0.15) is 48.2 Å². The summed E-state index contributed by atoms with van der Waals surface area (Å²) in [4.78, 5) is 16.9. The van der Waals surface area contributed by atoms with Crippen molar-refractivity contribution in [1.29, 1.82) is 0 Å². The van der Waals surface area contributed by atoms with E-state index >= 15 is 0 Å². The van der Waals surface area contributed by atoms with Crippen molar-refractivity contribution >= 4 is 33.4 Å². The van der Waals surface area contributed by atoms with Gasteiger partial charge in [-0.05, 0) is 67.8 Å². The van der Waals surface area contributed by atoms with Crippen molar-refractivity contribution in [3.05, 3.63) is 90.3 Å². The van der Waals surface area contributed by atoms with Gasteiger partial charge in [0.05, 0.1) is 16.6 Å². The molecule has 0 saturated heterocycles. The topological polar surface area (TPSA) is 72.9 Å². The Balaban J connectivity index is 1.46. The Morgan fingerprint density at radius 2 is 1.81 bits per heavy atom. The molecule has 2 aromatic heterocycles. The van der Waals surface area contributed by atoms with Crippen LogP contribution >= 0.6 is 0 Å². The molecule has 1 aliphatic carbocycles. The number of hydrogen-bond acceptors (Lipinski definition) is 3. The highest BCUT2D eigenvalue weighted by Crippen LogP contribution is 2.35. The fraction of sp³-hybridized carbons (Fsp3) is 0.226. The molecule has 3 aromatic carbocycles. The van der Waals surface area contributed by atoms with E-state index in [4.69, 9.17) is 5.73 Å². The molecule has 5 nitrogen and oxygen atoms in total. The first-order valence-corrected chi connectivity index (χ1v) is 12.8. The third-order valence-electron chi connectivity index (χ3n) is 7.42. The zero-order valence-corrected chi connectivity index (χ0v) is 20.5. The van der Waals surface area contributed by atoms with Gasteiger partial charge in [-0.1, -0.05) is 49.6 Å². The van der Waals surface area contributed by atoms with E-state index in [1.165, 1.54) is 24.6 Å². The molecule has 1 amide bonds. The fourth-order valence-electron chi connectivity index (χ4n) is 5.65. The first-order valence-electron chi connectivity index (χ1n) is 12.8. The van der Waals surface area contributed by atoms with Crippen LogP contribution in [0.15, 0.2) is 79.0 Å². The van der Waals surface area contributed by atoms with E-state index in [0.717, 1.165) is 57.5 Å². The molecule has 3 N–H and O–H groups in total. The number of amides is 1. The van der Waals surface area contributed by atoms with Gasteiger partial charge >= 0.3 is 0 Å². The minimum atomic E-state index is -0.403. The van der Waals surface area contributed by atoms with Gasteiger partial charge in [0.15, 0.2) is 0 Å². The second-order valence-electron chi connectivity index (χ2n) is 9.85. The minimum absolute atomic E-state index is 0.376. The minimum Gasteiger partial charge on any atom is -0.382 e. The molecule has 1 fully saturated rings. The molecule has 1 saturated carbocycles. The number of carbonyl (C=O) groups is 1. The predicted molar refractivity (Wildman–Crippen MR) is 148 cm³/mol. The van der Waals surface area contributed by atoms with Crippen molar-refractivity contribution < 1.29 is 4.79 Å². The summed E-state index contributed by atoms with van der Waals surface area (Å²) in [6.45, 7) is 2.12. The Morgan fingerprint density at radius 1 is 0.972 bits per heavy atom. The molecular weight excluding hydrogens is 444 g/mol. The van der Waals surface area contributed by atoms with Crippen LogP contribution in [0, 0.1) is 6.92 Å². The smallest absolute Gasteiger partial charge is 0.250 e. The third kappa shape index (κ3) is 4.01. The molecule has 0 spiro atoms. The molecule has 5 aromatic rings. The molecule has 0 unspecified atom stereocenters. The predicted octanol–water partition coefficient (Wildman–Crippen LogP) is 7.00. The first-order chi connectivity index (χ1) is 17.6. The maximum absolute atomic E-state index is 12.2. The monoisotopic (exact) mass is 474 g/mol. The lowest BCUT2D eigenvalue weighted by Gasteiger charge is -2.25. The molecular formula is C31H30N4O. The third-order valence-corrected chi connectivity index (χ3v) is 7.42. The van der Waals surface area contributed by atoms with E-state index in [0.29, 0.717) is 11.6 Å². The number of hydrogen-bond donors (Lipinski definition) is 2. The Morgan fingerprint density at radius 3 is 2.64 bits per heavy atom. The summed E-state index contributed by atoms with van der Waals surface area (Å²) in [6.07, 6.45) is 7.92. The van der Waals surface area contributed by atoms with E-state index in [9.17, 15) is 4.79 Å². The fourth-order valence-corrected chi connectivity index (χ4v) is 5.65. The van der Waals surface area contributed by atoms with Crippen LogP contribution < -0.4 is 11.1 Å². The van der Waals surface area contributed by atoms with Crippen molar-refractivity contribution in [2.24, 2.45) is 5.73 Å². The van der Waals surface area contributed by atoms with E-state index in [2.05, 4.69) is 64.3 Å². The highest BCUT2D eigenvalue weighted by molar-refractivity contribution is 6.00. The summed E-state index contributed by atoms with van der Waals surface area (Å²) in [7, 11) is 0. The first kappa shape index (κ1) is 22.4. The van der Waals surface area contributed by atoms with Crippen molar-refractivity contribution in [1.82, 2.24) is 9.55 Å². The summed E-state index contributed by atoms with van der Waals surface area (Å²) >= 11 is 0. The highest BCUT2D eigenvalue weighted by Gasteiger charge is 2.19. The van der Waals surface area contributed by atoms with Gasteiger partial charge in [-0.3, -0.25) is 9.78 Å². The van der Waals surface area contributed by atoms with Gasteiger partial charge in [-0.15, -0.1) is 0 Å². The summed E-state index contributed by atoms with van der Waals surface area (Å²) in [5.41, 5.74) is 13.6. The van der Waals surface area contributed by atoms with Gasteiger partial charge in [0.1, 0.15) is 0 Å². The van der Waals surface area contributed by atoms with Crippen LogP contribution in [-0.4, -0.2) is 21.5 Å². The molecule has 0 bridgehead atoms. The number of nitrogens with zero attached hydrogens (tertiary/aromatic N) is 2. The average Bonchev–Trinajstić information content (AvgIpc) is 3.24. The van der Waals surface area contributed by atoms with E-state index < -0.39 is 5.91 Å². The lowest BCUT2D eigenvalue weighted by atomic mass is 9.95. The Bertz CT molecular complexity index is 1590. The second kappa shape index (κ2) is 9.15. The van der Waals surface area contributed by atoms with Gasteiger partial charge in [0.25, 0.3) is 5.91 Å². The standard InChI is InChI=1S/C31H30N4O/c1-20-16-27-25(22-17-21-8-5-6-12-28(21)33-19-22)11-7-13-30(27)35(20)24-14-15-26(31(32)36)29(18-24)34-23-9-3-2-4-10-23/h5-8,11-19,23,34H,2-4,9-10H2,1H3,(H2,32,36). The van der Waals surface area contributed by atoms with Gasteiger partial charge in [0.2, 0.25) is 0 Å². The second-order valence-corrected chi connectivity index (χ2v) is 9.85. The number of benzene rings is 3. The normalized spacial score (nSPS) is 14.4. The molecule has 5 heteroatoms. The number of aromatic nitrogens is 2. The Labute approximate surface area is 211 Å². The SMILES string of the molecule is Cc1cc2c(-c3cnc4ccccc4c3)cccc2n1-c1ccc(C(N)=O)c(NC2CCCCC2)c1. The van der Waals surface area contributed by atoms with Crippen LogP contribution in [0.3, 0.4) is 0 Å². The van der Waals surface area contributed by atoms with Gasteiger partial charge in [-0.2, -0.15) is 0 Å². The number of fused-ring (bicyclic) bond motifs is 2. The lowest BCUT2D eigenvalue weighted by Crippen LogP contribution is -2.24. The number of para-hydroxylation sites is 1. The van der Waals surface area contributed by atoms with Crippen LogP contribution in [0.4, 0.5) is 5.69 Å². The molecule has 0 atom stereocenters. The summed E-state index contributed by atoms with van der Waals surface area (Å²) in [5, 5.41) is 5.93. The number of aryl methyl sites for hydroxylation is 1. The van der Waals surface area contributed by atoms with E-state index in [1.807, 2.05) is 36.5 Å². The molecule has 36 heavy (non-hydrogen) atoms. The molecule has 6 rings (SSSR count). The summed E-state index contributed by atoms with van der Waals surface area (Å²) < 4.78 is 2.25. The number of pyridine rings is 1. The molecule has 180 valence electrons. The summed E-state index contributed by atoms with van der Waals surface area (Å²) in [5.74, 6) is -0.403. The van der Waals surface area contributed by atoms with Crippen molar-refractivity contribution in [2.75, 3.05) is 5.32 Å². The van der Waals surface area contributed by atoms with Crippen LogP contribution in [0.25, 0.3) is 38.6 Å². The number of nitrogens with one attached hydrogen (secondary N) is 1. The largest absolute Gasteiger partial charge is 0.382 e.